The number of carbonyl (C=O) groups excluding carboxylic acids is 1. The first-order valence-corrected chi connectivity index (χ1v) is 8.96. The van der Waals surface area contributed by atoms with E-state index in [1.54, 1.807) is 29.2 Å². The maximum absolute atomic E-state index is 12.8. The highest BCUT2D eigenvalue weighted by Crippen LogP contribution is 2.32. The molecule has 0 fully saturated rings. The summed E-state index contributed by atoms with van der Waals surface area (Å²) in [6.07, 6.45) is -2.46. The van der Waals surface area contributed by atoms with Crippen molar-refractivity contribution in [2.45, 2.75) is 12.6 Å². The molecule has 0 saturated carbocycles. The minimum atomic E-state index is -4.49. The van der Waals surface area contributed by atoms with E-state index in [9.17, 15) is 18.0 Å². The molecule has 8 heteroatoms. The molecule has 1 aliphatic heterocycles. The van der Waals surface area contributed by atoms with E-state index in [4.69, 9.17) is 0 Å². The van der Waals surface area contributed by atoms with E-state index in [0.29, 0.717) is 17.8 Å². The van der Waals surface area contributed by atoms with Gasteiger partial charge in [0.2, 0.25) is 0 Å². The third kappa shape index (κ3) is 3.37. The number of rotatable bonds is 2. The van der Waals surface area contributed by atoms with Gasteiger partial charge in [-0.2, -0.15) is 18.3 Å². The quantitative estimate of drug-likeness (QED) is 0.576. The van der Waals surface area contributed by atoms with Gasteiger partial charge in [-0.15, -0.1) is 0 Å². The first-order valence-electron chi connectivity index (χ1n) is 8.16. The van der Waals surface area contributed by atoms with Gasteiger partial charge in [0, 0.05) is 28.5 Å². The van der Waals surface area contributed by atoms with E-state index in [0.717, 1.165) is 32.9 Å². The van der Waals surface area contributed by atoms with Crippen LogP contribution in [-0.4, -0.2) is 22.2 Å². The first-order chi connectivity index (χ1) is 12.8. The van der Waals surface area contributed by atoms with E-state index in [1.165, 1.54) is 6.20 Å². The first kappa shape index (κ1) is 17.8. The number of hydrogen-bond donors (Lipinski definition) is 0. The van der Waals surface area contributed by atoms with Gasteiger partial charge in [-0.25, -0.2) is 4.68 Å². The zero-order valence-corrected chi connectivity index (χ0v) is 15.5. The van der Waals surface area contributed by atoms with Crippen molar-refractivity contribution in [1.29, 1.82) is 0 Å². The normalized spacial score (nSPS) is 13.7. The predicted octanol–water partition coefficient (Wildman–Crippen LogP) is 4.86. The van der Waals surface area contributed by atoms with Crippen LogP contribution < -0.4 is 4.90 Å². The average molecular weight is 436 g/mol. The van der Waals surface area contributed by atoms with Crippen LogP contribution in [0.1, 0.15) is 21.6 Å². The van der Waals surface area contributed by atoms with Crippen molar-refractivity contribution in [2.75, 3.05) is 11.4 Å². The molecule has 2 aromatic carbocycles. The van der Waals surface area contributed by atoms with Crippen molar-refractivity contribution >= 4 is 27.5 Å². The number of anilines is 1. The highest BCUT2D eigenvalue weighted by molar-refractivity contribution is 9.10. The Bertz CT molecular complexity index is 1010. The number of alkyl halides is 3. The SMILES string of the molecule is O=C(c1ccc(-n2ccc(C(F)(F)F)n2)cc1)N1CCc2cc(Br)ccc21. The second-order valence-corrected chi connectivity index (χ2v) is 7.09. The molecule has 2 heterocycles. The van der Waals surface area contributed by atoms with Gasteiger partial charge < -0.3 is 4.90 Å². The second-order valence-electron chi connectivity index (χ2n) is 6.17. The fourth-order valence-electron chi connectivity index (χ4n) is 3.11. The summed E-state index contributed by atoms with van der Waals surface area (Å²) in [4.78, 5) is 14.5. The van der Waals surface area contributed by atoms with E-state index in [-0.39, 0.29) is 5.91 Å². The van der Waals surface area contributed by atoms with Crippen molar-refractivity contribution in [3.05, 3.63) is 76.0 Å². The Morgan fingerprint density at radius 1 is 1.07 bits per heavy atom. The lowest BCUT2D eigenvalue weighted by Crippen LogP contribution is -2.28. The molecule has 0 unspecified atom stereocenters. The highest BCUT2D eigenvalue weighted by atomic mass is 79.9. The molecule has 3 aromatic rings. The zero-order chi connectivity index (χ0) is 19.2. The van der Waals surface area contributed by atoms with Crippen LogP contribution in [0.3, 0.4) is 0 Å². The number of aromatic nitrogens is 2. The summed E-state index contributed by atoms with van der Waals surface area (Å²) in [7, 11) is 0. The molecule has 1 aromatic heterocycles. The molecular weight excluding hydrogens is 423 g/mol. The molecule has 0 saturated heterocycles. The van der Waals surface area contributed by atoms with Gasteiger partial charge in [0.25, 0.3) is 5.91 Å². The Labute approximate surface area is 161 Å². The number of amides is 1. The molecular formula is C19H13BrF3N3O. The number of carbonyl (C=O) groups is 1. The minimum Gasteiger partial charge on any atom is -0.308 e. The van der Waals surface area contributed by atoms with Crippen molar-refractivity contribution in [1.82, 2.24) is 9.78 Å². The van der Waals surface area contributed by atoms with Crippen LogP contribution in [0.4, 0.5) is 18.9 Å². The van der Waals surface area contributed by atoms with Crippen LogP contribution in [0, 0.1) is 0 Å². The summed E-state index contributed by atoms with van der Waals surface area (Å²) < 4.78 is 40.1. The Hall–Kier alpha value is -2.61. The highest BCUT2D eigenvalue weighted by Gasteiger charge is 2.33. The van der Waals surface area contributed by atoms with E-state index < -0.39 is 11.9 Å². The fourth-order valence-corrected chi connectivity index (χ4v) is 3.52. The molecule has 0 N–H and O–H groups in total. The molecule has 1 amide bonds. The Kier molecular flexibility index (Phi) is 4.30. The molecule has 4 nitrogen and oxygen atoms in total. The van der Waals surface area contributed by atoms with Crippen molar-refractivity contribution in [3.63, 3.8) is 0 Å². The molecule has 0 spiro atoms. The lowest BCUT2D eigenvalue weighted by Gasteiger charge is -2.17. The topological polar surface area (TPSA) is 38.1 Å². The summed E-state index contributed by atoms with van der Waals surface area (Å²) in [5.41, 5.74) is 1.95. The summed E-state index contributed by atoms with van der Waals surface area (Å²) >= 11 is 3.43. The van der Waals surface area contributed by atoms with Crippen LogP contribution >= 0.6 is 15.9 Å². The standard InChI is InChI=1S/C19H13BrF3N3O/c20-14-3-6-16-13(11-14)7-9-25(16)18(27)12-1-4-15(5-2-12)26-10-8-17(24-26)19(21,22)23/h1-6,8,10-11H,7,9H2. The monoisotopic (exact) mass is 435 g/mol. The Morgan fingerprint density at radius 3 is 2.48 bits per heavy atom. The van der Waals surface area contributed by atoms with E-state index >= 15 is 0 Å². The van der Waals surface area contributed by atoms with Gasteiger partial charge in [-0.05, 0) is 60.5 Å². The fraction of sp³-hybridized carbons (Fsp3) is 0.158. The number of nitrogens with zero attached hydrogens (tertiary/aromatic N) is 3. The van der Waals surface area contributed by atoms with Crippen molar-refractivity contribution < 1.29 is 18.0 Å². The third-order valence-electron chi connectivity index (χ3n) is 4.44. The summed E-state index contributed by atoms with van der Waals surface area (Å²) in [6, 6.07) is 13.1. The van der Waals surface area contributed by atoms with Gasteiger partial charge in [-0.3, -0.25) is 4.79 Å². The van der Waals surface area contributed by atoms with Crippen LogP contribution in [0.2, 0.25) is 0 Å². The lowest BCUT2D eigenvalue weighted by atomic mass is 10.1. The summed E-state index contributed by atoms with van der Waals surface area (Å²) in [5, 5.41) is 3.53. The van der Waals surface area contributed by atoms with Gasteiger partial charge in [0.1, 0.15) is 0 Å². The summed E-state index contributed by atoms with van der Waals surface area (Å²) in [6.45, 7) is 0.598. The number of halogens is 4. The molecule has 0 radical (unpaired) electrons. The maximum atomic E-state index is 12.8. The molecule has 138 valence electrons. The largest absolute Gasteiger partial charge is 0.435 e. The number of fused-ring (bicyclic) bond motifs is 1. The van der Waals surface area contributed by atoms with Crippen LogP contribution in [0.15, 0.2) is 59.2 Å². The second kappa shape index (κ2) is 6.53. The van der Waals surface area contributed by atoms with Gasteiger partial charge in [0.15, 0.2) is 5.69 Å². The molecule has 0 aliphatic carbocycles. The Balaban J connectivity index is 1.56. The van der Waals surface area contributed by atoms with Crippen molar-refractivity contribution in [2.24, 2.45) is 0 Å². The summed E-state index contributed by atoms with van der Waals surface area (Å²) in [5.74, 6) is -0.140. The van der Waals surface area contributed by atoms with Crippen LogP contribution in [-0.2, 0) is 12.6 Å². The lowest BCUT2D eigenvalue weighted by molar-refractivity contribution is -0.141. The van der Waals surface area contributed by atoms with Crippen molar-refractivity contribution in [3.8, 4) is 5.69 Å². The molecule has 4 rings (SSSR count). The zero-order valence-electron chi connectivity index (χ0n) is 13.9. The molecule has 0 bridgehead atoms. The minimum absolute atomic E-state index is 0.140. The van der Waals surface area contributed by atoms with Gasteiger partial charge >= 0.3 is 6.18 Å². The van der Waals surface area contributed by atoms with E-state index in [1.807, 2.05) is 18.2 Å². The molecule has 1 aliphatic rings. The van der Waals surface area contributed by atoms with Gasteiger partial charge in [0.05, 0.1) is 5.69 Å². The van der Waals surface area contributed by atoms with Gasteiger partial charge in [-0.1, -0.05) is 15.9 Å². The molecule has 0 atom stereocenters. The number of hydrogen-bond acceptors (Lipinski definition) is 2. The third-order valence-corrected chi connectivity index (χ3v) is 4.93. The molecule has 27 heavy (non-hydrogen) atoms. The maximum Gasteiger partial charge on any atom is 0.435 e. The van der Waals surface area contributed by atoms with Crippen LogP contribution in [0.5, 0.6) is 0 Å². The predicted molar refractivity (Wildman–Crippen MR) is 98.1 cm³/mol. The smallest absolute Gasteiger partial charge is 0.308 e. The average Bonchev–Trinajstić information content (AvgIpc) is 3.28. The van der Waals surface area contributed by atoms with Crippen LogP contribution in [0.25, 0.3) is 5.69 Å². The number of benzene rings is 2. The van der Waals surface area contributed by atoms with E-state index in [2.05, 4.69) is 21.0 Å². The Morgan fingerprint density at radius 2 is 1.81 bits per heavy atom.